The molecule has 2 N–H and O–H groups in total. The van der Waals surface area contributed by atoms with Crippen LogP contribution in [0.2, 0.25) is 0 Å². The topological polar surface area (TPSA) is 51.4 Å². The molecule has 130 valence electrons. The number of rotatable bonds is 5. The number of nitrogens with two attached hydrogens (primary N) is 1. The normalized spacial score (nSPS) is 16.3. The summed E-state index contributed by atoms with van der Waals surface area (Å²) in [5, 5.41) is 0.646. The zero-order chi connectivity index (χ0) is 17.1. The van der Waals surface area contributed by atoms with Crippen LogP contribution < -0.4 is 10.5 Å². The van der Waals surface area contributed by atoms with Gasteiger partial charge in [-0.05, 0) is 49.1 Å². The Hall–Kier alpha value is -2.11. The van der Waals surface area contributed by atoms with E-state index in [1.54, 1.807) is 11.3 Å². The second kappa shape index (κ2) is 7.42. The Balaban J connectivity index is 1.26. The summed E-state index contributed by atoms with van der Waals surface area (Å²) in [6.45, 7) is 3.30. The van der Waals surface area contributed by atoms with Crippen LogP contribution in [0.5, 0.6) is 5.75 Å². The summed E-state index contributed by atoms with van der Waals surface area (Å²) < 4.78 is 7.26. The number of thiazole rings is 1. The van der Waals surface area contributed by atoms with E-state index in [0.29, 0.717) is 11.2 Å². The van der Waals surface area contributed by atoms with Gasteiger partial charge in [0.2, 0.25) is 0 Å². The fourth-order valence-corrected chi connectivity index (χ4v) is 4.17. The molecule has 0 aliphatic carbocycles. The van der Waals surface area contributed by atoms with Gasteiger partial charge in [0.15, 0.2) is 5.13 Å². The highest BCUT2D eigenvalue weighted by atomic mass is 32.1. The molecular formula is C20H23N3OS. The van der Waals surface area contributed by atoms with Gasteiger partial charge in [-0.2, -0.15) is 0 Å². The van der Waals surface area contributed by atoms with Crippen LogP contribution >= 0.6 is 11.3 Å². The monoisotopic (exact) mass is 353 g/mol. The number of piperidine rings is 1. The molecule has 0 bridgehead atoms. The molecule has 25 heavy (non-hydrogen) atoms. The largest absolute Gasteiger partial charge is 0.490 e. The van der Waals surface area contributed by atoms with Crippen LogP contribution in [0.15, 0.2) is 48.5 Å². The predicted octanol–water partition coefficient (Wildman–Crippen LogP) is 3.96. The lowest BCUT2D eigenvalue weighted by atomic mass is 10.1. The smallest absolute Gasteiger partial charge is 0.181 e. The zero-order valence-electron chi connectivity index (χ0n) is 14.2. The predicted molar refractivity (Wildman–Crippen MR) is 104 cm³/mol. The number of fused-ring (bicyclic) bond motifs is 1. The minimum Gasteiger partial charge on any atom is -0.490 e. The van der Waals surface area contributed by atoms with Crippen LogP contribution in [0.3, 0.4) is 0 Å². The van der Waals surface area contributed by atoms with Gasteiger partial charge < -0.3 is 15.4 Å². The molecule has 1 saturated heterocycles. The first-order valence-electron chi connectivity index (χ1n) is 8.85. The van der Waals surface area contributed by atoms with Crippen molar-refractivity contribution in [3.8, 4) is 5.75 Å². The standard InChI is InChI=1S/C20H23N3OS/c21-20-22-18-7-6-15(14-19(18)25-20)8-11-23-12-9-17(10-13-23)24-16-4-2-1-3-5-16/h1-7,14,17H,8-13H2,(H2,21,22). The molecule has 1 aliphatic heterocycles. The van der Waals surface area contributed by atoms with Gasteiger partial charge in [0, 0.05) is 19.6 Å². The van der Waals surface area contributed by atoms with E-state index in [1.807, 2.05) is 30.3 Å². The van der Waals surface area contributed by atoms with Crippen LogP contribution in [-0.2, 0) is 6.42 Å². The third-order valence-electron chi connectivity index (χ3n) is 4.77. The minimum absolute atomic E-state index is 0.343. The van der Waals surface area contributed by atoms with Gasteiger partial charge in [0.05, 0.1) is 10.2 Å². The van der Waals surface area contributed by atoms with Crippen molar-refractivity contribution in [3.63, 3.8) is 0 Å². The summed E-state index contributed by atoms with van der Waals surface area (Å²) >= 11 is 1.57. The van der Waals surface area contributed by atoms with Gasteiger partial charge in [-0.15, -0.1) is 0 Å². The number of nitrogens with zero attached hydrogens (tertiary/aromatic N) is 2. The van der Waals surface area contributed by atoms with Crippen molar-refractivity contribution in [3.05, 3.63) is 54.1 Å². The molecule has 0 unspecified atom stereocenters. The quantitative estimate of drug-likeness (QED) is 0.754. The molecule has 0 radical (unpaired) electrons. The van der Waals surface area contributed by atoms with Gasteiger partial charge in [-0.1, -0.05) is 35.6 Å². The van der Waals surface area contributed by atoms with E-state index in [9.17, 15) is 0 Å². The lowest BCUT2D eigenvalue weighted by molar-refractivity contribution is 0.101. The summed E-state index contributed by atoms with van der Waals surface area (Å²) in [5.41, 5.74) is 8.15. The number of nitrogen functional groups attached to an aromatic ring is 1. The molecule has 1 fully saturated rings. The fourth-order valence-electron chi connectivity index (χ4n) is 3.37. The Labute approximate surface area is 152 Å². The Morgan fingerprint density at radius 1 is 1.12 bits per heavy atom. The van der Waals surface area contributed by atoms with E-state index in [2.05, 4.69) is 28.1 Å². The number of anilines is 1. The van der Waals surface area contributed by atoms with Crippen LogP contribution in [0.4, 0.5) is 5.13 Å². The van der Waals surface area contributed by atoms with Crippen LogP contribution in [-0.4, -0.2) is 35.6 Å². The molecule has 5 heteroatoms. The lowest BCUT2D eigenvalue weighted by Crippen LogP contribution is -2.39. The Morgan fingerprint density at radius 3 is 2.72 bits per heavy atom. The molecule has 0 saturated carbocycles. The number of benzene rings is 2. The molecule has 0 amide bonds. The molecule has 3 aromatic rings. The maximum absolute atomic E-state index is 6.07. The van der Waals surface area contributed by atoms with E-state index >= 15 is 0 Å². The van der Waals surface area contributed by atoms with Crippen molar-refractivity contribution in [1.82, 2.24) is 9.88 Å². The molecule has 0 atom stereocenters. The summed E-state index contributed by atoms with van der Waals surface area (Å²) in [4.78, 5) is 6.86. The number of likely N-dealkylation sites (tertiary alicyclic amines) is 1. The molecule has 1 aliphatic rings. The summed E-state index contributed by atoms with van der Waals surface area (Å²) in [6, 6.07) is 16.6. The van der Waals surface area contributed by atoms with Gasteiger partial charge in [0.1, 0.15) is 11.9 Å². The highest BCUT2D eigenvalue weighted by Gasteiger charge is 2.20. The van der Waals surface area contributed by atoms with Gasteiger partial charge in [0.25, 0.3) is 0 Å². The average molecular weight is 353 g/mol. The summed E-state index contributed by atoms with van der Waals surface area (Å²) in [7, 11) is 0. The van der Waals surface area contributed by atoms with Crippen molar-refractivity contribution < 1.29 is 4.74 Å². The first kappa shape index (κ1) is 16.4. The summed E-state index contributed by atoms with van der Waals surface area (Å²) in [6.07, 6.45) is 3.60. The first-order chi connectivity index (χ1) is 12.3. The Morgan fingerprint density at radius 2 is 1.92 bits per heavy atom. The van der Waals surface area contributed by atoms with Crippen molar-refractivity contribution >= 4 is 26.7 Å². The lowest BCUT2D eigenvalue weighted by Gasteiger charge is -2.32. The number of hydrogen-bond donors (Lipinski definition) is 1. The maximum atomic E-state index is 6.07. The van der Waals surface area contributed by atoms with Gasteiger partial charge in [-0.25, -0.2) is 4.98 Å². The van der Waals surface area contributed by atoms with E-state index in [4.69, 9.17) is 10.5 Å². The number of aromatic nitrogens is 1. The van der Waals surface area contributed by atoms with Crippen molar-refractivity contribution in [2.75, 3.05) is 25.4 Å². The Bertz CT molecular complexity index is 825. The second-order valence-electron chi connectivity index (χ2n) is 6.58. The third-order valence-corrected chi connectivity index (χ3v) is 5.61. The molecule has 2 heterocycles. The van der Waals surface area contributed by atoms with Crippen molar-refractivity contribution in [2.24, 2.45) is 0 Å². The van der Waals surface area contributed by atoms with E-state index in [-0.39, 0.29) is 0 Å². The number of para-hydroxylation sites is 1. The van der Waals surface area contributed by atoms with E-state index in [1.165, 1.54) is 10.3 Å². The molecule has 0 spiro atoms. The fraction of sp³-hybridized carbons (Fsp3) is 0.350. The molecule has 4 rings (SSSR count). The Kier molecular flexibility index (Phi) is 4.85. The van der Waals surface area contributed by atoms with Crippen molar-refractivity contribution in [2.45, 2.75) is 25.4 Å². The average Bonchev–Trinajstić information content (AvgIpc) is 3.01. The number of hydrogen-bond acceptors (Lipinski definition) is 5. The molecular weight excluding hydrogens is 330 g/mol. The highest BCUT2D eigenvalue weighted by molar-refractivity contribution is 7.22. The first-order valence-corrected chi connectivity index (χ1v) is 9.67. The molecule has 1 aromatic heterocycles. The highest BCUT2D eigenvalue weighted by Crippen LogP contribution is 2.25. The SMILES string of the molecule is Nc1nc2ccc(CCN3CCC(Oc4ccccc4)CC3)cc2s1. The maximum Gasteiger partial charge on any atom is 0.181 e. The minimum atomic E-state index is 0.343. The van der Waals surface area contributed by atoms with E-state index in [0.717, 1.165) is 50.2 Å². The van der Waals surface area contributed by atoms with Gasteiger partial charge in [-0.3, -0.25) is 0 Å². The zero-order valence-corrected chi connectivity index (χ0v) is 15.0. The van der Waals surface area contributed by atoms with Crippen molar-refractivity contribution in [1.29, 1.82) is 0 Å². The summed E-state index contributed by atoms with van der Waals surface area (Å²) in [5.74, 6) is 0.984. The number of ether oxygens (including phenoxy) is 1. The van der Waals surface area contributed by atoms with Crippen LogP contribution in [0.1, 0.15) is 18.4 Å². The molecule has 2 aromatic carbocycles. The van der Waals surface area contributed by atoms with Crippen LogP contribution in [0.25, 0.3) is 10.2 Å². The third kappa shape index (κ3) is 4.11. The molecule has 4 nitrogen and oxygen atoms in total. The van der Waals surface area contributed by atoms with Gasteiger partial charge >= 0.3 is 0 Å². The second-order valence-corrected chi connectivity index (χ2v) is 7.64. The van der Waals surface area contributed by atoms with Crippen LogP contribution in [0, 0.1) is 0 Å². The van der Waals surface area contributed by atoms with E-state index < -0.39 is 0 Å².